The van der Waals surface area contributed by atoms with Crippen LogP contribution in [0.25, 0.3) is 11.4 Å². The molecule has 3 amide bonds. The van der Waals surface area contributed by atoms with Crippen molar-refractivity contribution in [2.24, 2.45) is 7.05 Å². The molecule has 0 radical (unpaired) electrons. The zero-order chi connectivity index (χ0) is 29.6. The Labute approximate surface area is 241 Å². The van der Waals surface area contributed by atoms with Gasteiger partial charge in [-0.05, 0) is 29.4 Å². The Balaban J connectivity index is 1.62. The molecular weight excluding hydrogens is 519 g/mol. The Morgan fingerprint density at radius 3 is 2.46 bits per heavy atom. The van der Waals surface area contributed by atoms with Gasteiger partial charge in [0.1, 0.15) is 29.9 Å². The van der Waals surface area contributed by atoms with Crippen molar-refractivity contribution in [2.45, 2.75) is 11.7 Å². The van der Waals surface area contributed by atoms with E-state index in [1.165, 1.54) is 0 Å². The molecule has 4 rings (SSSR count). The first-order chi connectivity index (χ1) is 19.5. The molecule has 3 N–H and O–H groups in total. The van der Waals surface area contributed by atoms with Crippen LogP contribution < -0.4 is 20.7 Å². The molecule has 2 aromatic carbocycles. The fraction of sp³-hybridized carbons (Fsp3) is 0.231. The summed E-state index contributed by atoms with van der Waals surface area (Å²) < 4.78 is 7.32. The van der Waals surface area contributed by atoms with Gasteiger partial charge in [0.15, 0.2) is 23.1 Å². The molecule has 0 aliphatic rings. The van der Waals surface area contributed by atoms with Gasteiger partial charge in [-0.25, -0.2) is 9.78 Å². The Hall–Kier alpha value is -4.81. The number of para-hydroxylation sites is 1. The van der Waals surface area contributed by atoms with Gasteiger partial charge in [0.25, 0.3) is 5.91 Å². The minimum atomic E-state index is -0.507. The van der Waals surface area contributed by atoms with E-state index in [9.17, 15) is 9.59 Å². The number of carbonyl (C=O) groups excluding carboxylic acids is 2. The maximum atomic E-state index is 13.2. The van der Waals surface area contributed by atoms with E-state index in [-0.39, 0.29) is 17.5 Å². The lowest BCUT2D eigenvalue weighted by Gasteiger charge is -2.22. The molecule has 12 nitrogen and oxygen atoms in total. The van der Waals surface area contributed by atoms with E-state index in [1.807, 2.05) is 66.0 Å². The van der Waals surface area contributed by atoms with Crippen LogP contribution in [0, 0.1) is 0 Å². The number of likely N-dealkylation sites (N-methyl/N-ethyl adjacent to an activating group) is 1. The van der Waals surface area contributed by atoms with Gasteiger partial charge < -0.3 is 20.3 Å². The lowest BCUT2D eigenvalue weighted by molar-refractivity contribution is 0.0947. The first-order valence-electron chi connectivity index (χ1n) is 13.1. The van der Waals surface area contributed by atoms with E-state index in [0.717, 1.165) is 5.56 Å². The highest BCUT2D eigenvalue weighted by atomic mass is 16.5. The molecule has 0 aliphatic carbocycles. The summed E-state index contributed by atoms with van der Waals surface area (Å²) in [6.45, 7) is 0.506. The summed E-state index contributed by atoms with van der Waals surface area (Å²) in [5.74, 6) is 0.715. The number of aryl methyl sites for hydroxylation is 1. The summed E-state index contributed by atoms with van der Waals surface area (Å²) >= 11 is 0. The van der Waals surface area contributed by atoms with Crippen molar-refractivity contribution >= 4 is 52.7 Å². The number of rotatable bonds is 10. The second-order valence-electron chi connectivity index (χ2n) is 10.5. The highest BCUT2D eigenvalue weighted by molar-refractivity contribution is 6.60. The standard InChI is InChI=1S/C26H32B3N9O3/c1-37(13-12-16-8-5-4-6-9-16)25(40)32-20-14-19(21(35-34-20)24(39)33-26(27,28)29)31-18-11-7-10-17(22(18)41-3)23-30-15-38(2)36-23/h4-11,14-15H,12-13,27-29H2,1-3H3,(H,33,39)(H2,31,32,34,40). The molecule has 208 valence electrons. The van der Waals surface area contributed by atoms with Gasteiger partial charge in [0, 0.05) is 26.7 Å². The molecular formula is C26H32B3N9O3. The Morgan fingerprint density at radius 1 is 1.05 bits per heavy atom. The number of aromatic nitrogens is 5. The number of nitrogens with zero attached hydrogens (tertiary/aromatic N) is 6. The summed E-state index contributed by atoms with van der Waals surface area (Å²) in [6, 6.07) is 16.6. The summed E-state index contributed by atoms with van der Waals surface area (Å²) in [7, 11) is 10.6. The van der Waals surface area contributed by atoms with Gasteiger partial charge in [0.05, 0.1) is 24.0 Å². The second kappa shape index (κ2) is 12.6. The van der Waals surface area contributed by atoms with Crippen molar-refractivity contribution in [2.75, 3.05) is 31.3 Å². The summed E-state index contributed by atoms with van der Waals surface area (Å²) in [6.07, 6.45) is 2.30. The van der Waals surface area contributed by atoms with Crippen LogP contribution in [0.1, 0.15) is 16.1 Å². The van der Waals surface area contributed by atoms with Gasteiger partial charge in [-0.3, -0.25) is 14.8 Å². The van der Waals surface area contributed by atoms with Crippen LogP contribution >= 0.6 is 0 Å². The number of hydrogen-bond donors (Lipinski definition) is 3. The molecule has 41 heavy (non-hydrogen) atoms. The topological polar surface area (TPSA) is 139 Å². The first kappa shape index (κ1) is 29.2. The number of anilines is 3. The fourth-order valence-electron chi connectivity index (χ4n) is 4.00. The molecule has 4 aromatic rings. The average molecular weight is 551 g/mol. The van der Waals surface area contributed by atoms with Crippen LogP contribution in [0.15, 0.2) is 60.9 Å². The van der Waals surface area contributed by atoms with E-state index in [1.54, 1.807) is 49.2 Å². The lowest BCUT2D eigenvalue weighted by Crippen LogP contribution is -2.50. The third kappa shape index (κ3) is 7.65. The van der Waals surface area contributed by atoms with E-state index in [4.69, 9.17) is 4.74 Å². The monoisotopic (exact) mass is 551 g/mol. The molecule has 15 heteroatoms. The van der Waals surface area contributed by atoms with Gasteiger partial charge >= 0.3 is 6.03 Å². The van der Waals surface area contributed by atoms with Crippen molar-refractivity contribution in [1.29, 1.82) is 0 Å². The lowest BCUT2D eigenvalue weighted by atomic mass is 9.49. The number of ether oxygens (including phenoxy) is 1. The first-order valence-corrected chi connectivity index (χ1v) is 13.1. The van der Waals surface area contributed by atoms with Crippen molar-refractivity contribution in [1.82, 2.24) is 35.2 Å². The molecule has 0 unspecified atom stereocenters. The van der Waals surface area contributed by atoms with Crippen LogP contribution in [0.4, 0.5) is 22.0 Å². The Morgan fingerprint density at radius 2 is 1.80 bits per heavy atom. The Bertz CT molecular complexity index is 1530. The van der Waals surface area contributed by atoms with E-state index < -0.39 is 11.1 Å². The summed E-state index contributed by atoms with van der Waals surface area (Å²) in [4.78, 5) is 32.0. The second-order valence-corrected chi connectivity index (χ2v) is 10.5. The number of urea groups is 1. The third-order valence-electron chi connectivity index (χ3n) is 5.99. The van der Waals surface area contributed by atoms with E-state index in [2.05, 4.69) is 36.2 Å². The average Bonchev–Trinajstić information content (AvgIpc) is 3.37. The molecule has 0 bridgehead atoms. The third-order valence-corrected chi connectivity index (χ3v) is 5.99. The largest absolute Gasteiger partial charge is 0.494 e. The number of benzene rings is 2. The molecule has 0 saturated carbocycles. The van der Waals surface area contributed by atoms with Crippen molar-refractivity contribution in [3.63, 3.8) is 0 Å². The zero-order valence-electron chi connectivity index (χ0n) is 24.1. The molecule has 0 spiro atoms. The highest BCUT2D eigenvalue weighted by Gasteiger charge is 2.23. The normalized spacial score (nSPS) is 11.0. The highest BCUT2D eigenvalue weighted by Crippen LogP contribution is 2.37. The van der Waals surface area contributed by atoms with Gasteiger partial charge in [-0.2, -0.15) is 5.10 Å². The SMILES string of the molecule is BC(B)(B)NC(=O)c1nnc(NC(=O)N(C)CCc2ccccc2)cc1Nc1cccc(-c2ncn(C)n2)c1OC. The molecule has 2 aromatic heterocycles. The maximum Gasteiger partial charge on any atom is 0.322 e. The molecule has 0 saturated heterocycles. The molecule has 2 heterocycles. The van der Waals surface area contributed by atoms with Gasteiger partial charge in [0.2, 0.25) is 0 Å². The van der Waals surface area contributed by atoms with Crippen LogP contribution in [0.3, 0.4) is 0 Å². The number of carbonyl (C=O) groups is 2. The Kier molecular flexibility index (Phi) is 8.95. The van der Waals surface area contributed by atoms with Crippen molar-refractivity contribution < 1.29 is 14.3 Å². The number of amides is 3. The quantitative estimate of drug-likeness (QED) is 0.234. The van der Waals surface area contributed by atoms with Crippen LogP contribution in [-0.4, -0.2) is 91.3 Å². The number of hydrogen-bond acceptors (Lipinski definition) is 8. The zero-order valence-corrected chi connectivity index (χ0v) is 24.1. The fourth-order valence-corrected chi connectivity index (χ4v) is 4.00. The number of methoxy groups -OCH3 is 1. The minimum absolute atomic E-state index is 0.0544. The van der Waals surface area contributed by atoms with Crippen LogP contribution in [-0.2, 0) is 13.5 Å². The maximum absolute atomic E-state index is 13.2. The van der Waals surface area contributed by atoms with E-state index >= 15 is 0 Å². The van der Waals surface area contributed by atoms with Crippen LogP contribution in [0.2, 0.25) is 0 Å². The molecule has 0 fully saturated rings. The van der Waals surface area contributed by atoms with Crippen LogP contribution in [0.5, 0.6) is 5.75 Å². The van der Waals surface area contributed by atoms with Gasteiger partial charge in [-0.1, -0.05) is 36.4 Å². The van der Waals surface area contributed by atoms with E-state index in [0.29, 0.717) is 41.5 Å². The molecule has 0 aliphatic heterocycles. The summed E-state index contributed by atoms with van der Waals surface area (Å²) in [5, 5.41) is 21.1. The van der Waals surface area contributed by atoms with Gasteiger partial charge in [-0.15, -0.1) is 10.2 Å². The smallest absolute Gasteiger partial charge is 0.322 e. The summed E-state index contributed by atoms with van der Waals surface area (Å²) in [5.41, 5.74) is 2.72. The predicted molar refractivity (Wildman–Crippen MR) is 166 cm³/mol. The number of nitrogens with one attached hydrogen (secondary N) is 3. The minimum Gasteiger partial charge on any atom is -0.494 e. The van der Waals surface area contributed by atoms with Crippen molar-refractivity contribution in [3.05, 3.63) is 72.2 Å². The molecule has 0 atom stereocenters. The predicted octanol–water partition coefficient (Wildman–Crippen LogP) is -0.0289. The van der Waals surface area contributed by atoms with Crippen molar-refractivity contribution in [3.8, 4) is 17.1 Å².